The molecule has 0 aromatic carbocycles. The molecule has 1 amide bonds. The highest BCUT2D eigenvalue weighted by molar-refractivity contribution is 5.93. The SMILES string of the molecule is CN1CC2CC(C1)N2C(=O)c1ccccn1. The summed E-state index contributed by atoms with van der Waals surface area (Å²) in [5.74, 6) is 0.0925. The zero-order valence-electron chi connectivity index (χ0n) is 9.34. The predicted molar refractivity (Wildman–Crippen MR) is 60.1 cm³/mol. The number of amides is 1. The van der Waals surface area contributed by atoms with Gasteiger partial charge < -0.3 is 9.80 Å². The average Bonchev–Trinajstić information content (AvgIpc) is 2.29. The zero-order chi connectivity index (χ0) is 11.1. The number of carbonyl (C=O) groups excluding carboxylic acids is 1. The fourth-order valence-corrected chi connectivity index (χ4v) is 2.77. The Hall–Kier alpha value is -1.42. The second-order valence-electron chi connectivity index (χ2n) is 4.69. The van der Waals surface area contributed by atoms with E-state index < -0.39 is 0 Å². The number of fused-ring (bicyclic) bond motifs is 2. The van der Waals surface area contributed by atoms with E-state index in [1.165, 1.54) is 0 Å². The monoisotopic (exact) mass is 217 g/mol. The second kappa shape index (κ2) is 3.56. The Bertz CT molecular complexity index is 394. The fraction of sp³-hybridized carbons (Fsp3) is 0.500. The number of pyridine rings is 1. The second-order valence-corrected chi connectivity index (χ2v) is 4.69. The maximum Gasteiger partial charge on any atom is 0.273 e. The van der Waals surface area contributed by atoms with Gasteiger partial charge in [0.15, 0.2) is 0 Å². The van der Waals surface area contributed by atoms with Crippen molar-refractivity contribution in [3.63, 3.8) is 0 Å². The number of carbonyl (C=O) groups is 1. The Kier molecular flexibility index (Phi) is 2.17. The smallest absolute Gasteiger partial charge is 0.273 e. The van der Waals surface area contributed by atoms with Crippen molar-refractivity contribution in [2.75, 3.05) is 20.1 Å². The van der Waals surface area contributed by atoms with Crippen molar-refractivity contribution in [1.29, 1.82) is 0 Å². The molecule has 2 atom stereocenters. The summed E-state index contributed by atoms with van der Waals surface area (Å²) < 4.78 is 0. The molecule has 3 saturated heterocycles. The van der Waals surface area contributed by atoms with Gasteiger partial charge >= 0.3 is 0 Å². The fourth-order valence-electron chi connectivity index (χ4n) is 2.77. The molecule has 16 heavy (non-hydrogen) atoms. The molecule has 0 N–H and O–H groups in total. The van der Waals surface area contributed by atoms with Crippen LogP contribution >= 0.6 is 0 Å². The van der Waals surface area contributed by atoms with Gasteiger partial charge in [-0.15, -0.1) is 0 Å². The van der Waals surface area contributed by atoms with Crippen molar-refractivity contribution < 1.29 is 4.79 Å². The average molecular weight is 217 g/mol. The highest BCUT2D eigenvalue weighted by Crippen LogP contribution is 2.32. The van der Waals surface area contributed by atoms with Gasteiger partial charge in [0, 0.05) is 31.4 Å². The Morgan fingerprint density at radius 2 is 2.12 bits per heavy atom. The number of rotatable bonds is 1. The topological polar surface area (TPSA) is 36.4 Å². The van der Waals surface area contributed by atoms with Crippen LogP contribution in [0, 0.1) is 0 Å². The predicted octanol–water partition coefficient (Wildman–Crippen LogP) is 0.610. The summed E-state index contributed by atoms with van der Waals surface area (Å²) in [5, 5.41) is 0. The quantitative estimate of drug-likeness (QED) is 0.691. The van der Waals surface area contributed by atoms with Crippen molar-refractivity contribution >= 4 is 5.91 Å². The molecule has 4 nitrogen and oxygen atoms in total. The van der Waals surface area contributed by atoms with Gasteiger partial charge in [0.1, 0.15) is 5.69 Å². The first-order valence-electron chi connectivity index (χ1n) is 5.68. The summed E-state index contributed by atoms with van der Waals surface area (Å²) in [6.07, 6.45) is 2.83. The first kappa shape index (κ1) is 9.78. The summed E-state index contributed by atoms with van der Waals surface area (Å²) in [6, 6.07) is 6.29. The van der Waals surface area contributed by atoms with Gasteiger partial charge in [0.05, 0.1) is 0 Å². The molecule has 3 aliphatic heterocycles. The molecule has 3 fully saturated rings. The van der Waals surface area contributed by atoms with Crippen LogP contribution in [-0.2, 0) is 0 Å². The van der Waals surface area contributed by atoms with Gasteiger partial charge in [-0.1, -0.05) is 6.07 Å². The highest BCUT2D eigenvalue weighted by Gasteiger charge is 2.46. The van der Waals surface area contributed by atoms with Gasteiger partial charge in [-0.2, -0.15) is 0 Å². The first-order valence-corrected chi connectivity index (χ1v) is 5.68. The molecule has 4 heterocycles. The number of aromatic nitrogens is 1. The van der Waals surface area contributed by atoms with Gasteiger partial charge in [-0.3, -0.25) is 9.78 Å². The molecular formula is C12H15N3O. The lowest BCUT2D eigenvalue weighted by atomic mass is 9.87. The molecule has 2 unspecified atom stereocenters. The maximum absolute atomic E-state index is 12.2. The van der Waals surface area contributed by atoms with E-state index in [1.807, 2.05) is 17.0 Å². The minimum absolute atomic E-state index is 0.0925. The third-order valence-electron chi connectivity index (χ3n) is 3.49. The molecule has 4 heteroatoms. The molecule has 3 aliphatic rings. The van der Waals surface area contributed by atoms with Crippen LogP contribution in [0.4, 0.5) is 0 Å². The third kappa shape index (κ3) is 1.41. The van der Waals surface area contributed by atoms with Gasteiger partial charge in [-0.05, 0) is 25.6 Å². The van der Waals surface area contributed by atoms with Crippen LogP contribution in [0.5, 0.6) is 0 Å². The molecular weight excluding hydrogens is 202 g/mol. The highest BCUT2D eigenvalue weighted by atomic mass is 16.2. The van der Waals surface area contributed by atoms with Gasteiger partial charge in [-0.25, -0.2) is 0 Å². The maximum atomic E-state index is 12.2. The summed E-state index contributed by atoms with van der Waals surface area (Å²) in [5.41, 5.74) is 0.571. The molecule has 1 aromatic heterocycles. The van der Waals surface area contributed by atoms with Crippen LogP contribution in [0.15, 0.2) is 24.4 Å². The standard InChI is InChI=1S/C12H15N3O/c1-14-7-9-6-10(8-14)15(9)12(16)11-4-2-3-5-13-11/h2-5,9-10H,6-8H2,1H3. The van der Waals surface area contributed by atoms with Crippen molar-refractivity contribution in [2.24, 2.45) is 0 Å². The van der Waals surface area contributed by atoms with E-state index in [0.29, 0.717) is 17.8 Å². The van der Waals surface area contributed by atoms with E-state index >= 15 is 0 Å². The Morgan fingerprint density at radius 1 is 1.38 bits per heavy atom. The van der Waals surface area contributed by atoms with Crippen LogP contribution in [0.1, 0.15) is 16.9 Å². The summed E-state index contributed by atoms with van der Waals surface area (Å²) in [4.78, 5) is 20.6. The van der Waals surface area contributed by atoms with Crippen LogP contribution in [0.25, 0.3) is 0 Å². The van der Waals surface area contributed by atoms with Crippen molar-refractivity contribution in [3.05, 3.63) is 30.1 Å². The van der Waals surface area contributed by atoms with E-state index in [4.69, 9.17) is 0 Å². The minimum Gasteiger partial charge on any atom is -0.329 e. The van der Waals surface area contributed by atoms with E-state index in [-0.39, 0.29) is 5.91 Å². The molecule has 2 bridgehead atoms. The number of hydrogen-bond donors (Lipinski definition) is 0. The molecule has 0 saturated carbocycles. The third-order valence-corrected chi connectivity index (χ3v) is 3.49. The van der Waals surface area contributed by atoms with Crippen molar-refractivity contribution in [3.8, 4) is 0 Å². The van der Waals surface area contributed by atoms with E-state index in [1.54, 1.807) is 12.3 Å². The van der Waals surface area contributed by atoms with Gasteiger partial charge in [0.2, 0.25) is 0 Å². The van der Waals surface area contributed by atoms with Crippen molar-refractivity contribution in [1.82, 2.24) is 14.8 Å². The zero-order valence-corrected chi connectivity index (χ0v) is 9.34. The van der Waals surface area contributed by atoms with E-state index in [9.17, 15) is 4.79 Å². The summed E-state index contributed by atoms with van der Waals surface area (Å²) in [7, 11) is 2.11. The number of likely N-dealkylation sites (N-methyl/N-ethyl adjacent to an activating group) is 1. The molecule has 0 radical (unpaired) electrons. The van der Waals surface area contributed by atoms with E-state index in [0.717, 1.165) is 19.5 Å². The van der Waals surface area contributed by atoms with E-state index in [2.05, 4.69) is 16.9 Å². The Balaban J connectivity index is 1.78. The molecule has 1 aromatic rings. The molecule has 84 valence electrons. The first-order chi connectivity index (χ1) is 7.75. The minimum atomic E-state index is 0.0925. The Labute approximate surface area is 94.9 Å². The number of hydrogen-bond acceptors (Lipinski definition) is 3. The lowest BCUT2D eigenvalue weighted by Crippen LogP contribution is -2.69. The van der Waals surface area contributed by atoms with Crippen LogP contribution in [-0.4, -0.2) is 52.9 Å². The van der Waals surface area contributed by atoms with Crippen molar-refractivity contribution in [2.45, 2.75) is 18.5 Å². The lowest BCUT2D eigenvalue weighted by Gasteiger charge is -2.55. The summed E-state index contributed by atoms with van der Waals surface area (Å²) >= 11 is 0. The lowest BCUT2D eigenvalue weighted by molar-refractivity contribution is -0.0400. The molecule has 0 spiro atoms. The van der Waals surface area contributed by atoms with Crippen LogP contribution < -0.4 is 0 Å². The molecule has 4 rings (SSSR count). The number of nitrogens with zero attached hydrogens (tertiary/aromatic N) is 3. The largest absolute Gasteiger partial charge is 0.329 e. The van der Waals surface area contributed by atoms with Crippen LogP contribution in [0.2, 0.25) is 0 Å². The normalized spacial score (nSPS) is 28.7. The van der Waals surface area contributed by atoms with Crippen LogP contribution in [0.3, 0.4) is 0 Å². The Morgan fingerprint density at radius 3 is 2.75 bits per heavy atom. The number of piperidine rings is 1. The summed E-state index contributed by atoms with van der Waals surface area (Å²) in [6.45, 7) is 1.99. The van der Waals surface area contributed by atoms with Gasteiger partial charge in [0.25, 0.3) is 5.91 Å². The number of piperazine rings is 1. The molecule has 0 aliphatic carbocycles.